The Hall–Kier alpha value is -3.30. The van der Waals surface area contributed by atoms with E-state index in [0.29, 0.717) is 49.8 Å². The molecule has 6 rings (SSSR count). The molecule has 9 nitrogen and oxygen atoms in total. The van der Waals surface area contributed by atoms with Crippen LogP contribution in [0, 0.1) is 11.8 Å². The van der Waals surface area contributed by atoms with Gasteiger partial charge in [0.25, 0.3) is 0 Å². The molecular weight excluding hydrogens is 576 g/mol. The second kappa shape index (κ2) is 13.8. The summed E-state index contributed by atoms with van der Waals surface area (Å²) >= 11 is 6.27. The van der Waals surface area contributed by atoms with E-state index in [1.165, 1.54) is 12.8 Å². The molecule has 10 heteroatoms. The number of carbonyl (C=O) groups excluding carboxylic acids is 3. The molecule has 1 unspecified atom stereocenters. The summed E-state index contributed by atoms with van der Waals surface area (Å²) in [5.41, 5.74) is 2.89. The van der Waals surface area contributed by atoms with Gasteiger partial charge in [-0.25, -0.2) is 9.59 Å². The lowest BCUT2D eigenvalue weighted by atomic mass is 9.79. The van der Waals surface area contributed by atoms with Crippen LogP contribution in [0.15, 0.2) is 48.5 Å². The van der Waals surface area contributed by atoms with Gasteiger partial charge in [-0.15, -0.1) is 0 Å². The lowest BCUT2D eigenvalue weighted by molar-refractivity contribution is -0.135. The molecule has 44 heavy (non-hydrogen) atoms. The van der Waals surface area contributed by atoms with Crippen LogP contribution in [0.2, 0.25) is 5.02 Å². The molecule has 2 aromatic rings. The second-order valence-corrected chi connectivity index (χ2v) is 13.5. The van der Waals surface area contributed by atoms with Crippen LogP contribution in [0.4, 0.5) is 15.3 Å². The number of hydrogen-bond donors (Lipinski definition) is 2. The normalized spacial score (nSPS) is 21.5. The minimum Gasteiger partial charge on any atom is -0.341 e. The summed E-state index contributed by atoms with van der Waals surface area (Å²) in [5.74, 6) is 1.41. The van der Waals surface area contributed by atoms with E-state index in [9.17, 15) is 14.4 Å². The van der Waals surface area contributed by atoms with E-state index in [4.69, 9.17) is 11.6 Å². The largest absolute Gasteiger partial charge is 0.341 e. The fourth-order valence-electron chi connectivity index (χ4n) is 7.55. The molecule has 4 heterocycles. The molecule has 2 aromatic carbocycles. The number of urea groups is 2. The number of nitrogens with zero attached hydrogens (tertiary/aromatic N) is 4. The number of para-hydroxylation sites is 1. The number of piperidine rings is 3. The van der Waals surface area contributed by atoms with Crippen molar-refractivity contribution in [3.8, 4) is 0 Å². The maximum absolute atomic E-state index is 13.9. The van der Waals surface area contributed by atoms with Crippen LogP contribution >= 0.6 is 11.6 Å². The minimum atomic E-state index is -0.664. The predicted molar refractivity (Wildman–Crippen MR) is 173 cm³/mol. The first-order valence-electron chi connectivity index (χ1n) is 16.3. The van der Waals surface area contributed by atoms with E-state index in [1.807, 2.05) is 58.3 Å². The molecule has 4 aliphatic rings. The van der Waals surface area contributed by atoms with Crippen molar-refractivity contribution < 1.29 is 14.4 Å². The van der Waals surface area contributed by atoms with Gasteiger partial charge in [0.2, 0.25) is 5.91 Å². The van der Waals surface area contributed by atoms with Gasteiger partial charge in [-0.1, -0.05) is 41.9 Å². The molecule has 0 aliphatic carbocycles. The summed E-state index contributed by atoms with van der Waals surface area (Å²) < 4.78 is 0. The van der Waals surface area contributed by atoms with E-state index in [1.54, 1.807) is 4.90 Å². The SMILES string of the molecule is CN1CCC(C2CCN(C(=O)C(Cc3cccc(Cl)c3)NC(=O)N3CCC(N4Cc5ccccc5NC4=O)CC3)CC2)CC1. The van der Waals surface area contributed by atoms with Crippen LogP contribution in [0.25, 0.3) is 0 Å². The number of halogens is 1. The summed E-state index contributed by atoms with van der Waals surface area (Å²) in [6.45, 7) is 5.43. The Morgan fingerprint density at radius 1 is 0.886 bits per heavy atom. The van der Waals surface area contributed by atoms with Crippen LogP contribution in [0.1, 0.15) is 49.7 Å². The molecule has 3 saturated heterocycles. The lowest BCUT2D eigenvalue weighted by Crippen LogP contribution is -2.57. The number of amides is 5. The number of rotatable bonds is 6. The summed E-state index contributed by atoms with van der Waals surface area (Å²) in [5, 5.41) is 6.72. The van der Waals surface area contributed by atoms with Crippen LogP contribution in [0.3, 0.4) is 0 Å². The Labute approximate surface area is 265 Å². The fourth-order valence-corrected chi connectivity index (χ4v) is 7.76. The molecule has 1 atom stereocenters. The van der Waals surface area contributed by atoms with Crippen LogP contribution in [0.5, 0.6) is 0 Å². The highest BCUT2D eigenvalue weighted by atomic mass is 35.5. The van der Waals surface area contributed by atoms with Gasteiger partial charge in [0.1, 0.15) is 6.04 Å². The molecule has 5 amide bonds. The van der Waals surface area contributed by atoms with Gasteiger partial charge >= 0.3 is 12.1 Å². The Morgan fingerprint density at radius 3 is 2.25 bits per heavy atom. The summed E-state index contributed by atoms with van der Waals surface area (Å²) in [6, 6.07) is 14.5. The standard InChI is InChI=1S/C34H45ClN6O3/c1-38-15-9-25(10-16-38)26-11-17-39(18-12-26)32(42)31(22-24-5-4-7-28(35)21-24)37-33(43)40-19-13-29(14-20-40)41-23-27-6-2-3-8-30(27)36-34(41)44/h2-8,21,25-26,29,31H,9-20,22-23H2,1H3,(H,36,44)(H,37,43). The van der Waals surface area contributed by atoms with Crippen molar-refractivity contribution >= 4 is 35.3 Å². The summed E-state index contributed by atoms with van der Waals surface area (Å²) in [6.07, 6.45) is 6.33. The third kappa shape index (κ3) is 7.15. The topological polar surface area (TPSA) is 88.2 Å². The van der Waals surface area contributed by atoms with Crippen molar-refractivity contribution in [2.75, 3.05) is 51.6 Å². The van der Waals surface area contributed by atoms with Crippen LogP contribution in [-0.4, -0.2) is 96.0 Å². The van der Waals surface area contributed by atoms with Crippen molar-refractivity contribution in [3.05, 3.63) is 64.7 Å². The zero-order chi connectivity index (χ0) is 30.6. The number of benzene rings is 2. The average molecular weight is 621 g/mol. The third-order valence-corrected chi connectivity index (χ3v) is 10.5. The fraction of sp³-hybridized carbons (Fsp3) is 0.559. The Balaban J connectivity index is 1.06. The third-order valence-electron chi connectivity index (χ3n) is 10.3. The van der Waals surface area contributed by atoms with E-state index in [-0.39, 0.29) is 24.0 Å². The van der Waals surface area contributed by atoms with Crippen LogP contribution < -0.4 is 10.6 Å². The molecule has 236 valence electrons. The molecule has 2 N–H and O–H groups in total. The first-order valence-corrected chi connectivity index (χ1v) is 16.6. The molecule has 0 saturated carbocycles. The molecule has 0 aromatic heterocycles. The smallest absolute Gasteiger partial charge is 0.322 e. The second-order valence-electron chi connectivity index (χ2n) is 13.1. The Bertz CT molecular complexity index is 1330. The van der Waals surface area contributed by atoms with Crippen molar-refractivity contribution in [1.29, 1.82) is 0 Å². The van der Waals surface area contributed by atoms with Crippen molar-refractivity contribution in [2.24, 2.45) is 11.8 Å². The van der Waals surface area contributed by atoms with E-state index < -0.39 is 6.04 Å². The van der Waals surface area contributed by atoms with Gasteiger partial charge in [-0.05, 0) is 99.8 Å². The molecule has 0 spiro atoms. The first kappa shape index (κ1) is 30.7. The number of fused-ring (bicyclic) bond motifs is 1. The first-order chi connectivity index (χ1) is 21.3. The van der Waals surface area contributed by atoms with Crippen molar-refractivity contribution in [2.45, 2.75) is 63.6 Å². The highest BCUT2D eigenvalue weighted by Gasteiger charge is 2.36. The van der Waals surface area contributed by atoms with Gasteiger partial charge < -0.3 is 30.2 Å². The van der Waals surface area contributed by atoms with Gasteiger partial charge in [0, 0.05) is 55.9 Å². The van der Waals surface area contributed by atoms with E-state index in [2.05, 4.69) is 22.6 Å². The molecular formula is C34H45ClN6O3. The molecule has 0 radical (unpaired) electrons. The highest BCUT2D eigenvalue weighted by Crippen LogP contribution is 2.33. The molecule has 3 fully saturated rings. The minimum absolute atomic E-state index is 0.0151. The maximum atomic E-state index is 13.9. The Kier molecular flexibility index (Phi) is 9.62. The Morgan fingerprint density at radius 2 is 1.55 bits per heavy atom. The van der Waals surface area contributed by atoms with E-state index in [0.717, 1.165) is 61.8 Å². The molecule has 4 aliphatic heterocycles. The van der Waals surface area contributed by atoms with Crippen molar-refractivity contribution in [1.82, 2.24) is 24.9 Å². The monoisotopic (exact) mass is 620 g/mol. The highest BCUT2D eigenvalue weighted by molar-refractivity contribution is 6.30. The summed E-state index contributed by atoms with van der Waals surface area (Å²) in [7, 11) is 2.19. The predicted octanol–water partition coefficient (Wildman–Crippen LogP) is 5.05. The lowest BCUT2D eigenvalue weighted by Gasteiger charge is -2.41. The number of likely N-dealkylation sites (tertiary alicyclic amines) is 3. The van der Waals surface area contributed by atoms with Crippen LogP contribution in [-0.2, 0) is 17.8 Å². The van der Waals surface area contributed by atoms with Gasteiger partial charge in [0.05, 0.1) is 0 Å². The number of anilines is 1. The van der Waals surface area contributed by atoms with Crippen molar-refractivity contribution in [3.63, 3.8) is 0 Å². The van der Waals surface area contributed by atoms with E-state index >= 15 is 0 Å². The molecule has 0 bridgehead atoms. The zero-order valence-corrected chi connectivity index (χ0v) is 26.5. The quantitative estimate of drug-likeness (QED) is 0.473. The number of carbonyl (C=O) groups is 3. The number of nitrogens with one attached hydrogen (secondary N) is 2. The number of hydrogen-bond acceptors (Lipinski definition) is 4. The average Bonchev–Trinajstić information content (AvgIpc) is 3.04. The zero-order valence-electron chi connectivity index (χ0n) is 25.7. The van der Waals surface area contributed by atoms with Gasteiger partial charge in [-0.3, -0.25) is 4.79 Å². The summed E-state index contributed by atoms with van der Waals surface area (Å²) in [4.78, 5) is 48.4. The maximum Gasteiger partial charge on any atom is 0.322 e. The van der Waals surface area contributed by atoms with Gasteiger partial charge in [-0.2, -0.15) is 0 Å². The van der Waals surface area contributed by atoms with Gasteiger partial charge in [0.15, 0.2) is 0 Å².